The maximum atomic E-state index is 12.5. The summed E-state index contributed by atoms with van der Waals surface area (Å²) in [7, 11) is 0. The van der Waals surface area contributed by atoms with E-state index < -0.39 is 0 Å². The van der Waals surface area contributed by atoms with Gasteiger partial charge in [-0.05, 0) is 25.7 Å². The van der Waals surface area contributed by atoms with Gasteiger partial charge in [-0.1, -0.05) is 113 Å². The zero-order chi connectivity index (χ0) is 20.9. The summed E-state index contributed by atoms with van der Waals surface area (Å²) in [6.07, 6.45) is 19.6. The van der Waals surface area contributed by atoms with E-state index in [0.717, 1.165) is 50.3 Å². The van der Waals surface area contributed by atoms with Gasteiger partial charge in [-0.25, -0.2) is 0 Å². The second-order valence-corrected chi connectivity index (χ2v) is 8.90. The van der Waals surface area contributed by atoms with Gasteiger partial charge in [0.2, 0.25) is 0 Å². The Balaban J connectivity index is 4.22. The van der Waals surface area contributed by atoms with E-state index in [0.29, 0.717) is 6.42 Å². The SMILES string of the molecule is CCCCCCCCC(CCCCCCCC)C(=O)OC(=O)CCCCCBr. The van der Waals surface area contributed by atoms with E-state index >= 15 is 0 Å². The molecule has 0 aromatic heterocycles. The third-order valence-corrected chi connectivity index (χ3v) is 5.94. The number of carbonyl (C=O) groups is 2. The zero-order valence-electron chi connectivity index (χ0n) is 18.6. The molecule has 0 aliphatic heterocycles. The van der Waals surface area contributed by atoms with Gasteiger partial charge < -0.3 is 4.74 Å². The molecule has 0 bridgehead atoms. The fraction of sp³-hybridized carbons (Fsp3) is 0.917. The topological polar surface area (TPSA) is 43.4 Å². The molecule has 0 atom stereocenters. The summed E-state index contributed by atoms with van der Waals surface area (Å²) in [5, 5.41) is 0.958. The first kappa shape index (κ1) is 27.6. The Morgan fingerprint density at radius 2 is 1.14 bits per heavy atom. The molecule has 0 aliphatic rings. The van der Waals surface area contributed by atoms with Crippen molar-refractivity contribution in [1.29, 1.82) is 0 Å². The summed E-state index contributed by atoms with van der Waals surface area (Å²) in [4.78, 5) is 24.5. The maximum absolute atomic E-state index is 12.5. The molecule has 0 rings (SSSR count). The number of ether oxygens (including phenoxy) is 1. The lowest BCUT2D eigenvalue weighted by molar-refractivity contribution is -0.163. The van der Waals surface area contributed by atoms with E-state index in [4.69, 9.17) is 4.74 Å². The number of alkyl halides is 1. The van der Waals surface area contributed by atoms with Crippen LogP contribution in [0, 0.1) is 5.92 Å². The molecule has 0 aromatic carbocycles. The van der Waals surface area contributed by atoms with Crippen molar-refractivity contribution in [2.75, 3.05) is 5.33 Å². The number of esters is 2. The molecule has 4 heteroatoms. The Labute approximate surface area is 182 Å². The van der Waals surface area contributed by atoms with Gasteiger partial charge in [0.05, 0.1) is 5.92 Å². The van der Waals surface area contributed by atoms with Crippen LogP contribution in [0.5, 0.6) is 0 Å². The van der Waals surface area contributed by atoms with Crippen LogP contribution in [0.25, 0.3) is 0 Å². The largest absolute Gasteiger partial charge is 0.393 e. The fourth-order valence-corrected chi connectivity index (χ4v) is 3.91. The Morgan fingerprint density at radius 1 is 0.679 bits per heavy atom. The summed E-state index contributed by atoms with van der Waals surface area (Å²) in [5.41, 5.74) is 0. The lowest BCUT2D eigenvalue weighted by atomic mass is 9.94. The molecule has 0 aliphatic carbocycles. The molecule has 28 heavy (non-hydrogen) atoms. The Kier molecular flexibility index (Phi) is 21.0. The van der Waals surface area contributed by atoms with Crippen LogP contribution in [-0.4, -0.2) is 17.3 Å². The van der Waals surface area contributed by atoms with Crippen molar-refractivity contribution < 1.29 is 14.3 Å². The standard InChI is InChI=1S/C24H45BrO3/c1-3-5-7-9-11-14-18-22(19-15-12-10-8-6-4-2)24(27)28-23(26)20-16-13-17-21-25/h22H,3-21H2,1-2H3. The monoisotopic (exact) mass is 460 g/mol. The van der Waals surface area contributed by atoms with Crippen molar-refractivity contribution in [3.8, 4) is 0 Å². The number of rotatable bonds is 20. The van der Waals surface area contributed by atoms with Crippen LogP contribution in [-0.2, 0) is 14.3 Å². The molecule has 3 nitrogen and oxygen atoms in total. The molecule has 0 heterocycles. The number of halogens is 1. The second-order valence-electron chi connectivity index (χ2n) is 8.10. The van der Waals surface area contributed by atoms with Crippen LogP contribution in [0.4, 0.5) is 0 Å². The van der Waals surface area contributed by atoms with Crippen molar-refractivity contribution in [2.45, 2.75) is 129 Å². The Morgan fingerprint density at radius 3 is 1.64 bits per heavy atom. The van der Waals surface area contributed by atoms with Crippen molar-refractivity contribution in [3.63, 3.8) is 0 Å². The van der Waals surface area contributed by atoms with Gasteiger partial charge in [-0.2, -0.15) is 0 Å². The summed E-state index contributed by atoms with van der Waals surface area (Å²) in [6, 6.07) is 0. The highest BCUT2D eigenvalue weighted by Gasteiger charge is 2.22. The first-order valence-electron chi connectivity index (χ1n) is 12.0. The van der Waals surface area contributed by atoms with Crippen LogP contribution >= 0.6 is 15.9 Å². The molecular weight excluding hydrogens is 416 g/mol. The lowest BCUT2D eigenvalue weighted by Gasteiger charge is -2.15. The van der Waals surface area contributed by atoms with E-state index in [1.54, 1.807) is 0 Å². The van der Waals surface area contributed by atoms with Gasteiger partial charge in [0.1, 0.15) is 0 Å². The van der Waals surface area contributed by atoms with Gasteiger partial charge in [-0.15, -0.1) is 0 Å². The summed E-state index contributed by atoms with van der Waals surface area (Å²) >= 11 is 3.39. The molecule has 0 fully saturated rings. The predicted molar refractivity (Wildman–Crippen MR) is 123 cm³/mol. The summed E-state index contributed by atoms with van der Waals surface area (Å²) in [5.74, 6) is -0.702. The van der Waals surface area contributed by atoms with Gasteiger partial charge >= 0.3 is 11.9 Å². The number of carbonyl (C=O) groups excluding carboxylic acids is 2. The average molecular weight is 462 g/mol. The smallest absolute Gasteiger partial charge is 0.316 e. The third-order valence-electron chi connectivity index (χ3n) is 5.37. The molecule has 0 radical (unpaired) electrons. The molecule has 0 spiro atoms. The first-order chi connectivity index (χ1) is 13.7. The molecule has 0 N–H and O–H groups in total. The van der Waals surface area contributed by atoms with Crippen molar-refractivity contribution in [3.05, 3.63) is 0 Å². The highest BCUT2D eigenvalue weighted by molar-refractivity contribution is 9.09. The molecular formula is C24H45BrO3. The molecule has 166 valence electrons. The minimum absolute atomic E-state index is 0.0937. The van der Waals surface area contributed by atoms with Crippen LogP contribution in [0.1, 0.15) is 129 Å². The van der Waals surface area contributed by atoms with Crippen LogP contribution < -0.4 is 0 Å². The number of hydrogen-bond donors (Lipinski definition) is 0. The van der Waals surface area contributed by atoms with Crippen molar-refractivity contribution in [2.24, 2.45) is 5.92 Å². The van der Waals surface area contributed by atoms with Gasteiger partial charge in [0.15, 0.2) is 0 Å². The number of unbranched alkanes of at least 4 members (excludes halogenated alkanes) is 12. The Bertz CT molecular complexity index is 355. The van der Waals surface area contributed by atoms with Crippen molar-refractivity contribution in [1.82, 2.24) is 0 Å². The second kappa shape index (κ2) is 21.3. The normalized spacial score (nSPS) is 11.1. The average Bonchev–Trinajstić information content (AvgIpc) is 2.68. The summed E-state index contributed by atoms with van der Waals surface area (Å²) in [6.45, 7) is 4.45. The maximum Gasteiger partial charge on any atom is 0.316 e. The van der Waals surface area contributed by atoms with Gasteiger partial charge in [-0.3, -0.25) is 9.59 Å². The predicted octanol–water partition coefficient (Wildman–Crippen LogP) is 8.13. The fourth-order valence-electron chi connectivity index (χ4n) is 3.51. The van der Waals surface area contributed by atoms with E-state index in [-0.39, 0.29) is 17.9 Å². The zero-order valence-corrected chi connectivity index (χ0v) is 20.2. The highest BCUT2D eigenvalue weighted by Crippen LogP contribution is 2.21. The summed E-state index contributed by atoms with van der Waals surface area (Å²) < 4.78 is 5.19. The third kappa shape index (κ3) is 17.7. The molecule has 0 unspecified atom stereocenters. The van der Waals surface area contributed by atoms with Crippen LogP contribution in [0.3, 0.4) is 0 Å². The highest BCUT2D eigenvalue weighted by atomic mass is 79.9. The molecule has 0 amide bonds. The minimum Gasteiger partial charge on any atom is -0.393 e. The first-order valence-corrected chi connectivity index (χ1v) is 13.1. The van der Waals surface area contributed by atoms with Crippen molar-refractivity contribution >= 4 is 27.9 Å². The van der Waals surface area contributed by atoms with Crippen LogP contribution in [0.15, 0.2) is 0 Å². The van der Waals surface area contributed by atoms with Crippen LogP contribution in [0.2, 0.25) is 0 Å². The molecule has 0 saturated carbocycles. The van der Waals surface area contributed by atoms with Gasteiger partial charge in [0.25, 0.3) is 0 Å². The number of hydrogen-bond acceptors (Lipinski definition) is 3. The van der Waals surface area contributed by atoms with E-state index in [9.17, 15) is 9.59 Å². The lowest BCUT2D eigenvalue weighted by Crippen LogP contribution is -2.21. The molecule has 0 saturated heterocycles. The Hall–Kier alpha value is -0.380. The van der Waals surface area contributed by atoms with E-state index in [1.165, 1.54) is 64.2 Å². The quantitative estimate of drug-likeness (QED) is 0.0795. The molecule has 0 aromatic rings. The van der Waals surface area contributed by atoms with E-state index in [1.807, 2.05) is 0 Å². The minimum atomic E-state index is -0.338. The van der Waals surface area contributed by atoms with E-state index in [2.05, 4.69) is 29.8 Å². The van der Waals surface area contributed by atoms with Gasteiger partial charge in [0, 0.05) is 11.8 Å².